The highest BCUT2D eigenvalue weighted by Gasteiger charge is 2.17. The van der Waals surface area contributed by atoms with Crippen LogP contribution in [0.5, 0.6) is 5.75 Å². The van der Waals surface area contributed by atoms with Crippen LogP contribution in [0.1, 0.15) is 37.3 Å². The van der Waals surface area contributed by atoms with Crippen molar-refractivity contribution in [3.63, 3.8) is 0 Å². The molecule has 0 saturated carbocycles. The highest BCUT2D eigenvalue weighted by atomic mass is 19.1. The monoisotopic (exact) mass is 223 g/mol. The third-order valence-corrected chi connectivity index (χ3v) is 3.13. The number of methoxy groups -OCH3 is 1. The third-order valence-electron chi connectivity index (χ3n) is 3.13. The molecular weight excluding hydrogens is 205 g/mol. The van der Waals surface area contributed by atoms with Crippen molar-refractivity contribution >= 4 is 0 Å². The number of benzene rings is 1. The van der Waals surface area contributed by atoms with Gasteiger partial charge in [-0.15, -0.1) is 0 Å². The highest BCUT2D eigenvalue weighted by Crippen LogP contribution is 2.30. The zero-order chi connectivity index (χ0) is 11.4. The van der Waals surface area contributed by atoms with Gasteiger partial charge in [-0.25, -0.2) is 4.39 Å². The molecule has 3 heteroatoms. The molecule has 16 heavy (non-hydrogen) atoms. The van der Waals surface area contributed by atoms with Crippen molar-refractivity contribution in [1.29, 1.82) is 0 Å². The molecule has 0 aromatic heterocycles. The van der Waals surface area contributed by atoms with Gasteiger partial charge in [0.05, 0.1) is 7.11 Å². The zero-order valence-electron chi connectivity index (χ0n) is 9.63. The Labute approximate surface area is 95.8 Å². The maximum absolute atomic E-state index is 13.3. The minimum Gasteiger partial charge on any atom is -0.496 e. The lowest BCUT2D eigenvalue weighted by Gasteiger charge is -2.19. The largest absolute Gasteiger partial charge is 0.496 e. The SMILES string of the molecule is COc1ccc(F)cc1[C@@H]1CCCCCN1. The first kappa shape index (κ1) is 11.4. The Hall–Kier alpha value is -1.09. The predicted octanol–water partition coefficient (Wildman–Crippen LogP) is 3.04. The van der Waals surface area contributed by atoms with Crippen LogP contribution in [0.25, 0.3) is 0 Å². The quantitative estimate of drug-likeness (QED) is 0.832. The van der Waals surface area contributed by atoms with Crippen molar-refractivity contribution < 1.29 is 9.13 Å². The van der Waals surface area contributed by atoms with Crippen molar-refractivity contribution in [2.45, 2.75) is 31.7 Å². The minimum absolute atomic E-state index is 0.193. The molecule has 1 atom stereocenters. The van der Waals surface area contributed by atoms with Gasteiger partial charge in [0.1, 0.15) is 11.6 Å². The van der Waals surface area contributed by atoms with Crippen molar-refractivity contribution in [2.24, 2.45) is 0 Å². The summed E-state index contributed by atoms with van der Waals surface area (Å²) >= 11 is 0. The molecule has 1 fully saturated rings. The van der Waals surface area contributed by atoms with Gasteiger partial charge in [0.25, 0.3) is 0 Å². The summed E-state index contributed by atoms with van der Waals surface area (Å²) in [6.45, 7) is 1.00. The Morgan fingerprint density at radius 3 is 3.00 bits per heavy atom. The second kappa shape index (κ2) is 5.30. The first-order valence-corrected chi connectivity index (χ1v) is 5.88. The van der Waals surface area contributed by atoms with Crippen LogP contribution in [0.2, 0.25) is 0 Å². The fraction of sp³-hybridized carbons (Fsp3) is 0.538. The van der Waals surface area contributed by atoms with Gasteiger partial charge in [0, 0.05) is 11.6 Å². The van der Waals surface area contributed by atoms with E-state index in [1.165, 1.54) is 25.3 Å². The molecule has 0 amide bonds. The molecular formula is C13H18FNO. The van der Waals surface area contributed by atoms with E-state index in [1.54, 1.807) is 19.2 Å². The number of hydrogen-bond acceptors (Lipinski definition) is 2. The van der Waals surface area contributed by atoms with Crippen molar-refractivity contribution in [3.8, 4) is 5.75 Å². The number of hydrogen-bond donors (Lipinski definition) is 1. The minimum atomic E-state index is -0.193. The van der Waals surface area contributed by atoms with Gasteiger partial charge >= 0.3 is 0 Å². The molecule has 1 saturated heterocycles. The molecule has 1 heterocycles. The average Bonchev–Trinajstić information content (AvgIpc) is 2.57. The standard InChI is InChI=1S/C13H18FNO/c1-16-13-7-6-10(14)9-11(13)12-5-3-2-4-8-15-12/h6-7,9,12,15H,2-5,8H2,1H3/t12-/m0/s1. The van der Waals surface area contributed by atoms with Gasteiger partial charge in [-0.2, -0.15) is 0 Å². The van der Waals surface area contributed by atoms with Gasteiger partial charge in [-0.3, -0.25) is 0 Å². The fourth-order valence-electron chi connectivity index (χ4n) is 2.27. The summed E-state index contributed by atoms with van der Waals surface area (Å²) in [6, 6.07) is 4.96. The van der Waals surface area contributed by atoms with Crippen LogP contribution >= 0.6 is 0 Å². The summed E-state index contributed by atoms with van der Waals surface area (Å²) in [5.41, 5.74) is 0.949. The van der Waals surface area contributed by atoms with E-state index in [1.807, 2.05) is 0 Å². The van der Waals surface area contributed by atoms with Crippen molar-refractivity contribution in [2.75, 3.05) is 13.7 Å². The Kier molecular flexibility index (Phi) is 3.78. The van der Waals surface area contributed by atoms with Crippen LogP contribution in [0.4, 0.5) is 4.39 Å². The van der Waals surface area contributed by atoms with Crippen molar-refractivity contribution in [3.05, 3.63) is 29.6 Å². The molecule has 1 aromatic carbocycles. The topological polar surface area (TPSA) is 21.3 Å². The van der Waals surface area contributed by atoms with E-state index in [4.69, 9.17) is 4.74 Å². The number of rotatable bonds is 2. The van der Waals surface area contributed by atoms with E-state index in [2.05, 4.69) is 5.32 Å². The molecule has 2 rings (SSSR count). The molecule has 0 aliphatic carbocycles. The molecule has 1 N–H and O–H groups in total. The fourth-order valence-corrected chi connectivity index (χ4v) is 2.27. The summed E-state index contributed by atoms with van der Waals surface area (Å²) in [5.74, 6) is 0.586. The summed E-state index contributed by atoms with van der Waals surface area (Å²) < 4.78 is 18.5. The molecule has 1 aliphatic rings. The Morgan fingerprint density at radius 1 is 1.31 bits per heavy atom. The van der Waals surface area contributed by atoms with Gasteiger partial charge in [-0.1, -0.05) is 12.8 Å². The summed E-state index contributed by atoms with van der Waals surface area (Å²) in [7, 11) is 1.63. The number of nitrogens with one attached hydrogen (secondary N) is 1. The molecule has 0 spiro atoms. The van der Waals surface area contributed by atoms with E-state index in [0.717, 1.165) is 24.3 Å². The lowest BCUT2D eigenvalue weighted by Crippen LogP contribution is -2.21. The predicted molar refractivity (Wildman–Crippen MR) is 62.2 cm³/mol. The Morgan fingerprint density at radius 2 is 2.19 bits per heavy atom. The first-order valence-electron chi connectivity index (χ1n) is 5.88. The van der Waals surface area contributed by atoms with Gasteiger partial charge in [0.2, 0.25) is 0 Å². The van der Waals surface area contributed by atoms with E-state index in [0.29, 0.717) is 0 Å². The van der Waals surface area contributed by atoms with Crippen LogP contribution in [-0.4, -0.2) is 13.7 Å². The first-order chi connectivity index (χ1) is 7.81. The zero-order valence-corrected chi connectivity index (χ0v) is 9.63. The van der Waals surface area contributed by atoms with Gasteiger partial charge in [0.15, 0.2) is 0 Å². The molecule has 0 bridgehead atoms. The Bertz CT molecular complexity index is 346. The highest BCUT2D eigenvalue weighted by molar-refractivity contribution is 5.36. The lowest BCUT2D eigenvalue weighted by molar-refractivity contribution is 0.396. The number of halogens is 1. The molecule has 0 unspecified atom stereocenters. The normalized spacial score (nSPS) is 21.5. The number of ether oxygens (including phenoxy) is 1. The molecule has 0 radical (unpaired) electrons. The molecule has 88 valence electrons. The summed E-state index contributed by atoms with van der Waals surface area (Å²) in [5, 5.41) is 3.45. The van der Waals surface area contributed by atoms with Gasteiger partial charge in [-0.05, 0) is 37.6 Å². The summed E-state index contributed by atoms with van der Waals surface area (Å²) in [6.07, 6.45) is 4.70. The Balaban J connectivity index is 2.25. The van der Waals surface area contributed by atoms with Crippen molar-refractivity contribution in [1.82, 2.24) is 5.32 Å². The maximum atomic E-state index is 13.3. The van der Waals surface area contributed by atoms with Crippen LogP contribution in [0.15, 0.2) is 18.2 Å². The van der Waals surface area contributed by atoms with E-state index in [-0.39, 0.29) is 11.9 Å². The molecule has 1 aromatic rings. The van der Waals surface area contributed by atoms with E-state index in [9.17, 15) is 4.39 Å². The smallest absolute Gasteiger partial charge is 0.123 e. The maximum Gasteiger partial charge on any atom is 0.123 e. The lowest BCUT2D eigenvalue weighted by atomic mass is 10.0. The summed E-state index contributed by atoms with van der Waals surface area (Å²) in [4.78, 5) is 0. The molecule has 1 aliphatic heterocycles. The second-order valence-corrected chi connectivity index (χ2v) is 4.24. The average molecular weight is 223 g/mol. The van der Waals surface area contributed by atoms with Gasteiger partial charge < -0.3 is 10.1 Å². The third kappa shape index (κ3) is 2.53. The van der Waals surface area contributed by atoms with E-state index < -0.39 is 0 Å². The van der Waals surface area contributed by atoms with Crippen LogP contribution in [-0.2, 0) is 0 Å². The molecule has 2 nitrogen and oxygen atoms in total. The van der Waals surface area contributed by atoms with Crippen LogP contribution in [0.3, 0.4) is 0 Å². The van der Waals surface area contributed by atoms with E-state index >= 15 is 0 Å². The second-order valence-electron chi connectivity index (χ2n) is 4.24. The van der Waals surface area contributed by atoms with Crippen LogP contribution < -0.4 is 10.1 Å². The van der Waals surface area contributed by atoms with Crippen LogP contribution in [0, 0.1) is 5.82 Å².